The Labute approximate surface area is 125 Å². The molecule has 2 rings (SSSR count). The summed E-state index contributed by atoms with van der Waals surface area (Å²) in [6, 6.07) is 5.09. The molecule has 1 saturated heterocycles. The van der Waals surface area contributed by atoms with E-state index in [1.807, 2.05) is 13.8 Å². The lowest BCUT2D eigenvalue weighted by atomic mass is 9.81. The van der Waals surface area contributed by atoms with Crippen LogP contribution in [0.2, 0.25) is 0 Å². The molecule has 116 valence electrons. The Morgan fingerprint density at radius 3 is 2.24 bits per heavy atom. The van der Waals surface area contributed by atoms with Crippen LogP contribution < -0.4 is 0 Å². The normalized spacial score (nSPS) is 19.4. The third kappa shape index (κ3) is 2.96. The predicted octanol–water partition coefficient (Wildman–Crippen LogP) is 2.18. The lowest BCUT2D eigenvalue weighted by molar-refractivity contribution is -0.150. The van der Waals surface area contributed by atoms with Crippen LogP contribution in [0.4, 0.5) is 0 Å². The second-order valence-corrected chi connectivity index (χ2v) is 7.95. The number of carboxylic acids is 1. The van der Waals surface area contributed by atoms with Crippen LogP contribution in [0.3, 0.4) is 0 Å². The number of aliphatic carboxylic acids is 1. The van der Waals surface area contributed by atoms with E-state index in [-0.39, 0.29) is 18.0 Å². The first kappa shape index (κ1) is 16.0. The topological polar surface area (TPSA) is 74.7 Å². The fraction of sp³-hybridized carbons (Fsp3) is 0.533. The Kier molecular flexibility index (Phi) is 4.13. The third-order valence-electron chi connectivity index (χ3n) is 4.46. The zero-order valence-corrected chi connectivity index (χ0v) is 13.4. The summed E-state index contributed by atoms with van der Waals surface area (Å²) in [5.41, 5.74) is 1.16. The van der Waals surface area contributed by atoms with E-state index >= 15 is 0 Å². The van der Waals surface area contributed by atoms with Gasteiger partial charge in [-0.3, -0.25) is 4.79 Å². The highest BCUT2D eigenvalue weighted by Crippen LogP contribution is 2.33. The summed E-state index contributed by atoms with van der Waals surface area (Å²) in [7, 11) is -3.54. The van der Waals surface area contributed by atoms with E-state index in [0.29, 0.717) is 12.8 Å². The Morgan fingerprint density at radius 1 is 1.19 bits per heavy atom. The zero-order valence-electron chi connectivity index (χ0n) is 12.6. The van der Waals surface area contributed by atoms with Crippen molar-refractivity contribution < 1.29 is 18.3 Å². The van der Waals surface area contributed by atoms with Gasteiger partial charge in [0.1, 0.15) is 0 Å². The van der Waals surface area contributed by atoms with Gasteiger partial charge in [-0.25, -0.2) is 8.42 Å². The molecule has 0 amide bonds. The van der Waals surface area contributed by atoms with Gasteiger partial charge < -0.3 is 5.11 Å². The molecule has 0 radical (unpaired) electrons. The molecule has 0 spiro atoms. The summed E-state index contributed by atoms with van der Waals surface area (Å²) >= 11 is 0. The van der Waals surface area contributed by atoms with Crippen molar-refractivity contribution >= 4 is 16.0 Å². The largest absolute Gasteiger partial charge is 0.481 e. The maximum Gasteiger partial charge on any atom is 0.309 e. The van der Waals surface area contributed by atoms with E-state index in [0.717, 1.165) is 11.1 Å². The first-order valence-corrected chi connectivity index (χ1v) is 8.42. The Bertz CT molecular complexity index is 658. The van der Waals surface area contributed by atoms with Gasteiger partial charge in [0, 0.05) is 13.1 Å². The summed E-state index contributed by atoms with van der Waals surface area (Å²) in [5, 5.41) is 9.20. The molecule has 0 bridgehead atoms. The molecule has 0 saturated carbocycles. The van der Waals surface area contributed by atoms with Crippen LogP contribution in [-0.4, -0.2) is 36.9 Å². The van der Waals surface area contributed by atoms with E-state index in [9.17, 15) is 18.3 Å². The van der Waals surface area contributed by atoms with Crippen molar-refractivity contribution in [2.24, 2.45) is 5.41 Å². The van der Waals surface area contributed by atoms with Gasteiger partial charge >= 0.3 is 5.97 Å². The highest BCUT2D eigenvalue weighted by molar-refractivity contribution is 7.89. The summed E-state index contributed by atoms with van der Waals surface area (Å²) in [6.07, 6.45) is 0.679. The summed E-state index contributed by atoms with van der Waals surface area (Å²) in [6.45, 7) is 5.99. The number of benzene rings is 1. The number of carbonyl (C=O) groups is 1. The quantitative estimate of drug-likeness (QED) is 0.928. The summed E-state index contributed by atoms with van der Waals surface area (Å²) < 4.78 is 26.6. The number of nitrogens with zero attached hydrogens (tertiary/aromatic N) is 1. The van der Waals surface area contributed by atoms with Crippen molar-refractivity contribution in [3.8, 4) is 0 Å². The first-order valence-electron chi connectivity index (χ1n) is 6.98. The molecular weight excluding hydrogens is 290 g/mol. The number of aryl methyl sites for hydroxylation is 2. The van der Waals surface area contributed by atoms with E-state index in [4.69, 9.17) is 0 Å². The van der Waals surface area contributed by atoms with Crippen LogP contribution in [0.5, 0.6) is 0 Å². The van der Waals surface area contributed by atoms with Gasteiger partial charge in [-0.05, 0) is 56.9 Å². The number of sulfonamides is 1. The van der Waals surface area contributed by atoms with Gasteiger partial charge in [-0.15, -0.1) is 0 Å². The number of hydrogen-bond acceptors (Lipinski definition) is 3. The van der Waals surface area contributed by atoms with E-state index in [2.05, 4.69) is 0 Å². The summed E-state index contributed by atoms with van der Waals surface area (Å²) in [5.74, 6) is -0.856. The molecule has 1 aliphatic heterocycles. The molecule has 6 heteroatoms. The van der Waals surface area contributed by atoms with Crippen LogP contribution >= 0.6 is 0 Å². The highest BCUT2D eigenvalue weighted by Gasteiger charge is 2.40. The highest BCUT2D eigenvalue weighted by atomic mass is 32.2. The van der Waals surface area contributed by atoms with Crippen molar-refractivity contribution in [1.82, 2.24) is 4.31 Å². The standard InChI is InChI=1S/C15H21NO4S/c1-11-4-5-13(10-12(11)2)21(19,20)16-8-6-15(3,7-9-16)14(17)18/h4-5,10H,6-9H2,1-3H3,(H,17,18). The van der Waals surface area contributed by atoms with Crippen LogP contribution in [0.1, 0.15) is 30.9 Å². The number of rotatable bonds is 3. The molecule has 1 aromatic rings. The minimum absolute atomic E-state index is 0.248. The lowest BCUT2D eigenvalue weighted by Crippen LogP contribution is -2.45. The molecule has 1 aromatic carbocycles. The fourth-order valence-electron chi connectivity index (χ4n) is 2.46. The Hall–Kier alpha value is -1.40. The second-order valence-electron chi connectivity index (χ2n) is 6.02. The van der Waals surface area contributed by atoms with Crippen molar-refractivity contribution in [3.05, 3.63) is 29.3 Å². The number of hydrogen-bond donors (Lipinski definition) is 1. The molecular formula is C15H21NO4S. The van der Waals surface area contributed by atoms with Crippen LogP contribution in [0.15, 0.2) is 23.1 Å². The van der Waals surface area contributed by atoms with Crippen molar-refractivity contribution in [2.45, 2.75) is 38.5 Å². The summed E-state index contributed by atoms with van der Waals surface area (Å²) in [4.78, 5) is 11.5. The predicted molar refractivity (Wildman–Crippen MR) is 79.7 cm³/mol. The maximum absolute atomic E-state index is 12.6. The Balaban J connectivity index is 2.22. The molecule has 1 heterocycles. The van der Waals surface area contributed by atoms with Crippen LogP contribution in [-0.2, 0) is 14.8 Å². The van der Waals surface area contributed by atoms with Crippen LogP contribution in [0.25, 0.3) is 0 Å². The van der Waals surface area contributed by atoms with E-state index in [1.54, 1.807) is 25.1 Å². The third-order valence-corrected chi connectivity index (χ3v) is 6.35. The number of carboxylic acid groups (broad SMARTS) is 1. The second kappa shape index (κ2) is 5.42. The average Bonchev–Trinajstić information content (AvgIpc) is 2.42. The van der Waals surface area contributed by atoms with Gasteiger partial charge in [-0.1, -0.05) is 6.07 Å². The Morgan fingerprint density at radius 2 is 1.76 bits per heavy atom. The molecule has 1 fully saturated rings. The van der Waals surface area contributed by atoms with Gasteiger partial charge in [0.05, 0.1) is 10.3 Å². The van der Waals surface area contributed by atoms with Gasteiger partial charge in [-0.2, -0.15) is 4.31 Å². The van der Waals surface area contributed by atoms with Crippen molar-refractivity contribution in [3.63, 3.8) is 0 Å². The monoisotopic (exact) mass is 311 g/mol. The molecule has 5 nitrogen and oxygen atoms in total. The molecule has 0 atom stereocenters. The minimum Gasteiger partial charge on any atom is -0.481 e. The van der Waals surface area contributed by atoms with Gasteiger partial charge in [0.15, 0.2) is 0 Å². The molecule has 0 unspecified atom stereocenters. The SMILES string of the molecule is Cc1ccc(S(=O)(=O)N2CCC(C)(C(=O)O)CC2)cc1C. The van der Waals surface area contributed by atoms with E-state index in [1.165, 1.54) is 4.31 Å². The van der Waals surface area contributed by atoms with Gasteiger partial charge in [0.25, 0.3) is 0 Å². The molecule has 0 aromatic heterocycles. The average molecular weight is 311 g/mol. The molecule has 21 heavy (non-hydrogen) atoms. The molecule has 1 aliphatic rings. The molecule has 1 N–H and O–H groups in total. The smallest absolute Gasteiger partial charge is 0.309 e. The minimum atomic E-state index is -3.54. The lowest BCUT2D eigenvalue weighted by Gasteiger charge is -2.35. The van der Waals surface area contributed by atoms with Crippen molar-refractivity contribution in [2.75, 3.05) is 13.1 Å². The van der Waals surface area contributed by atoms with Crippen LogP contribution in [0, 0.1) is 19.3 Å². The van der Waals surface area contributed by atoms with E-state index < -0.39 is 21.4 Å². The van der Waals surface area contributed by atoms with Crippen molar-refractivity contribution in [1.29, 1.82) is 0 Å². The zero-order chi connectivity index (χ0) is 15.8. The maximum atomic E-state index is 12.6. The van der Waals surface area contributed by atoms with Gasteiger partial charge in [0.2, 0.25) is 10.0 Å². The number of piperidine rings is 1. The molecule has 0 aliphatic carbocycles. The fourth-order valence-corrected chi connectivity index (χ4v) is 3.98. The first-order chi connectivity index (χ1) is 9.67.